The van der Waals surface area contributed by atoms with Crippen molar-refractivity contribution >= 4 is 97.4 Å². The summed E-state index contributed by atoms with van der Waals surface area (Å²) in [4.78, 5) is 7.75. The van der Waals surface area contributed by atoms with Gasteiger partial charge in [-0.3, -0.25) is 0 Å². The fourth-order valence-corrected chi connectivity index (χ4v) is 14.6. The molecule has 11 aromatic rings. The van der Waals surface area contributed by atoms with Crippen LogP contribution >= 0.6 is 0 Å². The molecule has 0 atom stereocenters. The molecule has 1 aromatic heterocycles. The standard InChI is InChI=1S/C83H78BN3O/c1-16-62(77-53(4)88-76-34-26-24-32-65(76)77)55-43-51(2)79(52(3)44-55)87-73-50-61(85(59-29-21-18-22-30-59)71-41-35-56(80(5,6)7)45-66(71)54-27-19-17-20-28-54)38-40-69(73)84-70-46-57(81(8,9)10)36-42-72(70)86(74-47-58(82(11,12)13)48-75(87)78(74)84)60-37-39-64-63-31-23-25-33-67(63)83(14,15)68(64)49-60/h16-50H,1,4H2,2-3,5-15H3/b77-62-. The van der Waals surface area contributed by atoms with Crippen molar-refractivity contribution in [2.75, 3.05) is 14.7 Å². The summed E-state index contributed by atoms with van der Waals surface area (Å²) in [5, 5.41) is 2.00. The molecule has 0 unspecified atom stereocenters. The van der Waals surface area contributed by atoms with Crippen LogP contribution in [0.1, 0.15) is 121 Å². The first kappa shape index (κ1) is 56.5. The van der Waals surface area contributed by atoms with E-state index in [-0.39, 0.29) is 28.4 Å². The van der Waals surface area contributed by atoms with Crippen LogP contribution < -0.4 is 41.7 Å². The lowest BCUT2D eigenvalue weighted by atomic mass is 9.33. The van der Waals surface area contributed by atoms with Gasteiger partial charge < -0.3 is 19.1 Å². The van der Waals surface area contributed by atoms with Gasteiger partial charge in [-0.25, -0.2) is 0 Å². The van der Waals surface area contributed by atoms with E-state index >= 15 is 0 Å². The van der Waals surface area contributed by atoms with Crippen LogP contribution in [-0.4, -0.2) is 6.71 Å². The molecule has 0 N–H and O–H groups in total. The van der Waals surface area contributed by atoms with E-state index in [0.29, 0.717) is 5.42 Å². The molecule has 1 aliphatic carbocycles. The molecule has 0 saturated carbocycles. The average Bonchev–Trinajstić information content (AvgIpc) is 0.831. The van der Waals surface area contributed by atoms with Crippen LogP contribution in [0.5, 0.6) is 0 Å². The molecule has 434 valence electrons. The minimum Gasteiger partial charge on any atom is -0.457 e. The summed E-state index contributed by atoms with van der Waals surface area (Å²) in [6.45, 7) is 39.2. The number of fused-ring (bicyclic) bond motifs is 8. The van der Waals surface area contributed by atoms with Gasteiger partial charge in [0.1, 0.15) is 11.0 Å². The molecule has 2 aliphatic heterocycles. The zero-order valence-corrected chi connectivity index (χ0v) is 53.4. The van der Waals surface area contributed by atoms with Crippen molar-refractivity contribution in [3.05, 3.63) is 274 Å². The van der Waals surface area contributed by atoms with E-state index < -0.39 is 0 Å². The van der Waals surface area contributed by atoms with Crippen molar-refractivity contribution in [2.24, 2.45) is 0 Å². The highest BCUT2D eigenvalue weighted by atomic mass is 16.3. The molecule has 0 radical (unpaired) electrons. The number of hydrogen-bond donors (Lipinski definition) is 0. The Morgan fingerprint density at radius 2 is 1.12 bits per heavy atom. The van der Waals surface area contributed by atoms with Crippen LogP contribution in [0.4, 0.5) is 51.2 Å². The van der Waals surface area contributed by atoms with E-state index in [1.54, 1.807) is 0 Å². The minimum atomic E-state index is -0.226. The fourth-order valence-electron chi connectivity index (χ4n) is 14.6. The van der Waals surface area contributed by atoms with Gasteiger partial charge in [0.15, 0.2) is 0 Å². The normalized spacial score (nSPS) is 14.3. The van der Waals surface area contributed by atoms with E-state index in [0.717, 1.165) is 72.6 Å². The van der Waals surface area contributed by atoms with Crippen molar-refractivity contribution in [3.8, 4) is 22.3 Å². The number of aryl methyl sites for hydroxylation is 2. The Hall–Kier alpha value is -9.32. The van der Waals surface area contributed by atoms with Crippen LogP contribution in [0.25, 0.3) is 45.4 Å². The second-order valence-corrected chi connectivity index (χ2v) is 28.4. The molecule has 0 bridgehead atoms. The average molecular weight is 1140 g/mol. The van der Waals surface area contributed by atoms with Gasteiger partial charge in [-0.2, -0.15) is 0 Å². The van der Waals surface area contributed by atoms with Gasteiger partial charge in [0.05, 0.1) is 11.4 Å². The summed E-state index contributed by atoms with van der Waals surface area (Å²) in [6, 6.07) is 78.0. The Labute approximate surface area is 521 Å². The summed E-state index contributed by atoms with van der Waals surface area (Å²) in [5.41, 5.74) is 30.9. The summed E-state index contributed by atoms with van der Waals surface area (Å²) < 4.78 is 6.33. The van der Waals surface area contributed by atoms with Gasteiger partial charge in [-0.05, 0) is 198 Å². The zero-order valence-electron chi connectivity index (χ0n) is 53.4. The van der Waals surface area contributed by atoms with E-state index in [2.05, 4.69) is 312 Å². The Bertz CT molecular complexity index is 4770. The van der Waals surface area contributed by atoms with Crippen molar-refractivity contribution < 1.29 is 4.42 Å². The van der Waals surface area contributed by atoms with Crippen molar-refractivity contribution in [1.29, 1.82) is 0 Å². The van der Waals surface area contributed by atoms with E-state index in [1.807, 2.05) is 18.2 Å². The summed E-state index contributed by atoms with van der Waals surface area (Å²) in [7, 11) is 0. The molecular formula is C83H78BN3O. The van der Waals surface area contributed by atoms with E-state index in [4.69, 9.17) is 4.42 Å². The molecule has 4 nitrogen and oxygen atoms in total. The SMILES string of the molecule is C=C/C(c1cc(C)c(N2c3cc(N(c4ccccc4)c4ccc(C(C)(C)C)cc4-c4ccccc4)ccc3B3c4cc(C(C)(C)C)ccc4N(c4ccc5c(c4)C(C)(C)c4ccccc4-5)c4cc(C(C)(C)C)cc2c43)c(C)c1)=c1\c(=C)oc2ccccc12. The third-order valence-corrected chi connectivity index (χ3v) is 19.2. The van der Waals surface area contributed by atoms with E-state index in [1.165, 1.54) is 83.5 Å². The maximum absolute atomic E-state index is 6.33. The Morgan fingerprint density at radius 3 is 1.82 bits per heavy atom. The second kappa shape index (κ2) is 20.4. The monoisotopic (exact) mass is 1140 g/mol. The predicted molar refractivity (Wildman–Crippen MR) is 377 cm³/mol. The molecule has 3 heterocycles. The number of hydrogen-bond acceptors (Lipinski definition) is 4. The lowest BCUT2D eigenvalue weighted by Gasteiger charge is -2.46. The predicted octanol–water partition coefficient (Wildman–Crippen LogP) is 19.3. The van der Waals surface area contributed by atoms with Gasteiger partial charge in [-0.1, -0.05) is 217 Å². The number of nitrogens with zero attached hydrogens (tertiary/aromatic N) is 3. The third kappa shape index (κ3) is 9.02. The minimum absolute atomic E-state index is 0.0662. The highest BCUT2D eigenvalue weighted by Gasteiger charge is 2.46. The number of para-hydroxylation sites is 2. The van der Waals surface area contributed by atoms with Gasteiger partial charge in [-0.15, -0.1) is 0 Å². The number of allylic oxidation sites excluding steroid dienone is 1. The molecule has 0 amide bonds. The molecule has 10 aromatic carbocycles. The fraction of sp³-hybridized carbons (Fsp3) is 0.205. The van der Waals surface area contributed by atoms with Crippen molar-refractivity contribution in [1.82, 2.24) is 0 Å². The van der Waals surface area contributed by atoms with Crippen molar-refractivity contribution in [2.45, 2.75) is 112 Å². The van der Waals surface area contributed by atoms with Gasteiger partial charge >= 0.3 is 0 Å². The smallest absolute Gasteiger partial charge is 0.252 e. The summed E-state index contributed by atoms with van der Waals surface area (Å²) in [6.07, 6.45) is 1.97. The van der Waals surface area contributed by atoms with E-state index in [9.17, 15) is 0 Å². The van der Waals surface area contributed by atoms with Crippen LogP contribution in [0, 0.1) is 13.8 Å². The first-order chi connectivity index (χ1) is 42.0. The molecule has 0 saturated heterocycles. The maximum Gasteiger partial charge on any atom is 0.252 e. The number of rotatable bonds is 8. The first-order valence-electron chi connectivity index (χ1n) is 31.3. The van der Waals surface area contributed by atoms with Gasteiger partial charge in [0.2, 0.25) is 0 Å². The molecule has 3 aliphatic rings. The largest absolute Gasteiger partial charge is 0.457 e. The Kier molecular flexibility index (Phi) is 13.1. The molecule has 0 spiro atoms. The second-order valence-electron chi connectivity index (χ2n) is 28.4. The highest BCUT2D eigenvalue weighted by Crippen LogP contribution is 2.54. The van der Waals surface area contributed by atoms with Crippen molar-refractivity contribution in [3.63, 3.8) is 0 Å². The number of anilines is 9. The third-order valence-electron chi connectivity index (χ3n) is 19.2. The van der Waals surface area contributed by atoms with Crippen LogP contribution in [0.15, 0.2) is 223 Å². The maximum atomic E-state index is 6.33. The quantitative estimate of drug-likeness (QED) is 0.141. The lowest BCUT2D eigenvalue weighted by Crippen LogP contribution is -2.61. The molecular weight excluding hydrogens is 1070 g/mol. The number of furan rings is 1. The van der Waals surface area contributed by atoms with Crippen LogP contribution in [0.3, 0.4) is 0 Å². The summed E-state index contributed by atoms with van der Waals surface area (Å²) in [5.74, 6) is 0. The van der Waals surface area contributed by atoms with Gasteiger partial charge in [0, 0.05) is 61.4 Å². The molecule has 88 heavy (non-hydrogen) atoms. The molecule has 5 heteroatoms. The Balaban J connectivity index is 1.08. The zero-order chi connectivity index (χ0) is 61.5. The molecule has 14 rings (SSSR count). The van der Waals surface area contributed by atoms with Crippen LogP contribution in [0.2, 0.25) is 0 Å². The first-order valence-corrected chi connectivity index (χ1v) is 31.3. The van der Waals surface area contributed by atoms with Crippen LogP contribution in [-0.2, 0) is 21.7 Å². The highest BCUT2D eigenvalue weighted by molar-refractivity contribution is 7.00. The van der Waals surface area contributed by atoms with Gasteiger partial charge in [0.25, 0.3) is 6.71 Å². The topological polar surface area (TPSA) is 22.9 Å². The summed E-state index contributed by atoms with van der Waals surface area (Å²) >= 11 is 0. The Morgan fingerprint density at radius 1 is 0.511 bits per heavy atom. The lowest BCUT2D eigenvalue weighted by molar-refractivity contribution is 0.577. The molecule has 0 fully saturated rings. The number of benzene rings is 10.